The van der Waals surface area contributed by atoms with Crippen molar-refractivity contribution in [3.8, 4) is 5.75 Å². The van der Waals surface area contributed by atoms with E-state index in [4.69, 9.17) is 19.3 Å². The molecule has 1 unspecified atom stereocenters. The van der Waals surface area contributed by atoms with E-state index in [0.717, 1.165) is 25.2 Å². The average molecular weight is 266 g/mol. The summed E-state index contributed by atoms with van der Waals surface area (Å²) in [5, 5.41) is 8.98. The van der Waals surface area contributed by atoms with Crippen molar-refractivity contribution in [1.29, 1.82) is 0 Å². The van der Waals surface area contributed by atoms with Crippen LogP contribution in [-0.2, 0) is 16.1 Å². The van der Waals surface area contributed by atoms with Crippen LogP contribution < -0.4 is 4.74 Å². The van der Waals surface area contributed by atoms with E-state index in [1.165, 1.54) is 7.11 Å². The molecule has 1 saturated heterocycles. The molecule has 5 heteroatoms. The molecular formula is C14H18O5. The molecule has 19 heavy (non-hydrogen) atoms. The summed E-state index contributed by atoms with van der Waals surface area (Å²) in [5.74, 6) is -0.162. The summed E-state index contributed by atoms with van der Waals surface area (Å²) in [6, 6.07) is 4.99. The van der Waals surface area contributed by atoms with Gasteiger partial charge in [0.15, 0.2) is 0 Å². The zero-order chi connectivity index (χ0) is 13.7. The predicted octanol–water partition coefficient (Wildman–Crippen LogP) is 1.95. The first-order chi connectivity index (χ1) is 9.20. The summed E-state index contributed by atoms with van der Waals surface area (Å²) in [6.07, 6.45) is 1.04. The van der Waals surface area contributed by atoms with E-state index >= 15 is 0 Å². The van der Waals surface area contributed by atoms with E-state index in [0.29, 0.717) is 24.9 Å². The van der Waals surface area contributed by atoms with Crippen molar-refractivity contribution in [2.45, 2.75) is 13.0 Å². The van der Waals surface area contributed by atoms with Crippen LogP contribution in [0.25, 0.3) is 0 Å². The molecule has 2 rings (SSSR count). The molecule has 1 atom stereocenters. The molecular weight excluding hydrogens is 248 g/mol. The Bertz CT molecular complexity index is 437. The number of benzene rings is 1. The van der Waals surface area contributed by atoms with Crippen LogP contribution in [0.4, 0.5) is 0 Å². The lowest BCUT2D eigenvalue weighted by Gasteiger charge is -2.10. The fourth-order valence-electron chi connectivity index (χ4n) is 2.06. The van der Waals surface area contributed by atoms with Crippen molar-refractivity contribution in [1.82, 2.24) is 0 Å². The van der Waals surface area contributed by atoms with Gasteiger partial charge in [-0.3, -0.25) is 0 Å². The van der Waals surface area contributed by atoms with Crippen molar-refractivity contribution in [3.05, 3.63) is 29.3 Å². The maximum atomic E-state index is 11.0. The van der Waals surface area contributed by atoms with Gasteiger partial charge in [-0.25, -0.2) is 4.79 Å². The number of ether oxygens (including phenoxy) is 3. The van der Waals surface area contributed by atoms with Gasteiger partial charge in [0.25, 0.3) is 0 Å². The number of aromatic carboxylic acids is 1. The molecule has 0 spiro atoms. The molecule has 1 N–H and O–H groups in total. The summed E-state index contributed by atoms with van der Waals surface area (Å²) < 4.78 is 16.0. The number of hydrogen-bond donors (Lipinski definition) is 1. The van der Waals surface area contributed by atoms with Crippen LogP contribution in [0.1, 0.15) is 22.3 Å². The normalized spacial score (nSPS) is 18.5. The minimum atomic E-state index is -0.993. The molecule has 0 aromatic heterocycles. The fourth-order valence-corrected chi connectivity index (χ4v) is 2.06. The summed E-state index contributed by atoms with van der Waals surface area (Å²) in [4.78, 5) is 11.0. The Morgan fingerprint density at radius 3 is 3.00 bits per heavy atom. The highest BCUT2D eigenvalue weighted by Gasteiger charge is 2.16. The van der Waals surface area contributed by atoms with E-state index in [-0.39, 0.29) is 5.56 Å². The summed E-state index contributed by atoms with van der Waals surface area (Å²) >= 11 is 0. The molecule has 0 radical (unpaired) electrons. The van der Waals surface area contributed by atoms with Crippen molar-refractivity contribution in [2.75, 3.05) is 26.9 Å². The van der Waals surface area contributed by atoms with Gasteiger partial charge in [0.1, 0.15) is 11.3 Å². The van der Waals surface area contributed by atoms with Crippen molar-refractivity contribution >= 4 is 5.97 Å². The van der Waals surface area contributed by atoms with Gasteiger partial charge in [-0.15, -0.1) is 0 Å². The SMILES string of the molecule is COc1cc(COCC2CCOC2)ccc1C(=O)O. The highest BCUT2D eigenvalue weighted by atomic mass is 16.5. The van der Waals surface area contributed by atoms with Crippen LogP contribution in [0, 0.1) is 5.92 Å². The Labute approximate surface area is 112 Å². The zero-order valence-electron chi connectivity index (χ0n) is 10.9. The third-order valence-electron chi connectivity index (χ3n) is 3.14. The molecule has 1 heterocycles. The van der Waals surface area contributed by atoms with Crippen LogP contribution in [0.15, 0.2) is 18.2 Å². The van der Waals surface area contributed by atoms with Gasteiger partial charge in [0.05, 0.1) is 26.9 Å². The standard InChI is InChI=1S/C14H18O5/c1-17-13-6-10(2-3-12(13)14(15)16)7-19-9-11-4-5-18-8-11/h2-3,6,11H,4-5,7-9H2,1H3,(H,15,16). The second-order valence-corrected chi connectivity index (χ2v) is 4.58. The molecule has 1 aromatic rings. The minimum Gasteiger partial charge on any atom is -0.496 e. The number of rotatable bonds is 6. The van der Waals surface area contributed by atoms with Crippen molar-refractivity contribution < 1.29 is 24.1 Å². The molecule has 0 amide bonds. The van der Waals surface area contributed by atoms with Gasteiger partial charge in [0.2, 0.25) is 0 Å². The molecule has 5 nitrogen and oxygen atoms in total. The van der Waals surface area contributed by atoms with Crippen LogP contribution >= 0.6 is 0 Å². The topological polar surface area (TPSA) is 65.0 Å². The molecule has 0 bridgehead atoms. The molecule has 1 aliphatic heterocycles. The lowest BCUT2D eigenvalue weighted by Crippen LogP contribution is -2.09. The van der Waals surface area contributed by atoms with Gasteiger partial charge in [-0.2, -0.15) is 0 Å². The van der Waals surface area contributed by atoms with E-state index < -0.39 is 5.97 Å². The number of carboxylic acids is 1. The second-order valence-electron chi connectivity index (χ2n) is 4.58. The van der Waals surface area contributed by atoms with Crippen LogP contribution in [-0.4, -0.2) is 38.0 Å². The van der Waals surface area contributed by atoms with Crippen molar-refractivity contribution in [2.24, 2.45) is 5.92 Å². The highest BCUT2D eigenvalue weighted by molar-refractivity contribution is 5.90. The maximum absolute atomic E-state index is 11.0. The van der Waals surface area contributed by atoms with E-state index in [1.807, 2.05) is 0 Å². The molecule has 0 saturated carbocycles. The number of methoxy groups -OCH3 is 1. The fraction of sp³-hybridized carbons (Fsp3) is 0.500. The Morgan fingerprint density at radius 1 is 1.53 bits per heavy atom. The van der Waals surface area contributed by atoms with Crippen LogP contribution in [0.2, 0.25) is 0 Å². The largest absolute Gasteiger partial charge is 0.496 e. The first kappa shape index (κ1) is 13.8. The Balaban J connectivity index is 1.91. The minimum absolute atomic E-state index is 0.162. The van der Waals surface area contributed by atoms with Gasteiger partial charge < -0.3 is 19.3 Å². The molecule has 1 aromatic carbocycles. The Hall–Kier alpha value is -1.59. The molecule has 104 valence electrons. The quantitative estimate of drug-likeness (QED) is 0.852. The third kappa shape index (κ3) is 3.68. The number of hydrogen-bond acceptors (Lipinski definition) is 4. The van der Waals surface area contributed by atoms with Gasteiger partial charge >= 0.3 is 5.97 Å². The summed E-state index contributed by atoms with van der Waals surface area (Å²) in [6.45, 7) is 2.70. The smallest absolute Gasteiger partial charge is 0.339 e. The Morgan fingerprint density at radius 2 is 2.37 bits per heavy atom. The van der Waals surface area contributed by atoms with Gasteiger partial charge in [-0.05, 0) is 24.1 Å². The molecule has 0 aliphatic carbocycles. The van der Waals surface area contributed by atoms with Crippen LogP contribution in [0.3, 0.4) is 0 Å². The van der Waals surface area contributed by atoms with Gasteiger partial charge in [0, 0.05) is 12.5 Å². The highest BCUT2D eigenvalue weighted by Crippen LogP contribution is 2.21. The summed E-state index contributed by atoms with van der Waals surface area (Å²) in [7, 11) is 1.46. The monoisotopic (exact) mass is 266 g/mol. The lowest BCUT2D eigenvalue weighted by atomic mass is 10.1. The van der Waals surface area contributed by atoms with E-state index in [9.17, 15) is 4.79 Å². The van der Waals surface area contributed by atoms with E-state index in [2.05, 4.69) is 0 Å². The lowest BCUT2D eigenvalue weighted by molar-refractivity contribution is 0.0691. The third-order valence-corrected chi connectivity index (χ3v) is 3.14. The van der Waals surface area contributed by atoms with Crippen LogP contribution in [0.5, 0.6) is 5.75 Å². The average Bonchev–Trinajstić information content (AvgIpc) is 2.91. The number of carbonyl (C=O) groups is 1. The molecule has 1 aliphatic rings. The van der Waals surface area contributed by atoms with Crippen molar-refractivity contribution in [3.63, 3.8) is 0 Å². The van der Waals surface area contributed by atoms with E-state index in [1.54, 1.807) is 18.2 Å². The predicted molar refractivity (Wildman–Crippen MR) is 68.5 cm³/mol. The zero-order valence-corrected chi connectivity index (χ0v) is 10.9. The summed E-state index contributed by atoms with van der Waals surface area (Å²) in [5.41, 5.74) is 1.07. The number of carboxylic acid groups (broad SMARTS) is 1. The first-order valence-corrected chi connectivity index (χ1v) is 6.26. The molecule has 1 fully saturated rings. The first-order valence-electron chi connectivity index (χ1n) is 6.26. The maximum Gasteiger partial charge on any atom is 0.339 e. The van der Waals surface area contributed by atoms with Gasteiger partial charge in [-0.1, -0.05) is 6.07 Å². The second kappa shape index (κ2) is 6.54. The Kier molecular flexibility index (Phi) is 4.76.